The highest BCUT2D eigenvalue weighted by Gasteiger charge is 2.34. The Morgan fingerprint density at radius 3 is 2.62 bits per heavy atom. The van der Waals surface area contributed by atoms with E-state index in [1.54, 1.807) is 6.92 Å². The van der Waals surface area contributed by atoms with Crippen LogP contribution >= 0.6 is 22.9 Å². The first kappa shape index (κ1) is 13.3. The molecule has 0 saturated carbocycles. The maximum Gasteiger partial charge on any atom is 0.331 e. The van der Waals surface area contributed by atoms with Gasteiger partial charge < -0.3 is 9.64 Å². The van der Waals surface area contributed by atoms with Gasteiger partial charge >= 0.3 is 5.97 Å². The highest BCUT2D eigenvalue weighted by Crippen LogP contribution is 2.32. The van der Waals surface area contributed by atoms with Crippen molar-refractivity contribution < 1.29 is 9.53 Å². The Kier molecular flexibility index (Phi) is 4.21. The number of halogens is 1. The lowest BCUT2D eigenvalue weighted by Crippen LogP contribution is -2.48. The lowest BCUT2D eigenvalue weighted by Gasteiger charge is -2.33. The van der Waals surface area contributed by atoms with Crippen LogP contribution in [0.25, 0.3) is 0 Å². The van der Waals surface area contributed by atoms with Gasteiger partial charge in [-0.3, -0.25) is 0 Å². The number of carbonyl (C=O) groups excluding carboxylic acids is 1. The average Bonchev–Trinajstić information content (AvgIpc) is 2.64. The minimum Gasteiger partial charge on any atom is -0.464 e. The molecule has 0 fully saturated rings. The Hall–Kier alpha value is -0.740. The van der Waals surface area contributed by atoms with E-state index in [0.29, 0.717) is 10.9 Å². The van der Waals surface area contributed by atoms with Crippen LogP contribution in [-0.4, -0.2) is 25.2 Å². The number of hydrogen-bond donors (Lipinski definition) is 0. The van der Waals surface area contributed by atoms with E-state index in [-0.39, 0.29) is 5.97 Å². The van der Waals surface area contributed by atoms with Crippen molar-refractivity contribution in [3.8, 4) is 0 Å². The fraction of sp³-hybridized carbons (Fsp3) is 0.545. The van der Waals surface area contributed by atoms with E-state index >= 15 is 0 Å². The van der Waals surface area contributed by atoms with Crippen LogP contribution in [0, 0.1) is 0 Å². The standard InChI is InChI=1S/C11H16ClNO2S/c1-5-15-10(14)11(2,3)13(4)9-7-6-8(12)16-9/h6-7H,5H2,1-4H3. The second-order valence-electron chi connectivity index (χ2n) is 3.92. The third-order valence-electron chi connectivity index (χ3n) is 2.50. The Bertz CT molecular complexity index is 376. The lowest BCUT2D eigenvalue weighted by molar-refractivity contribution is -0.148. The molecule has 3 nitrogen and oxygen atoms in total. The van der Waals surface area contributed by atoms with Crippen LogP contribution in [0.4, 0.5) is 5.00 Å². The molecule has 1 rings (SSSR count). The predicted molar refractivity (Wildman–Crippen MR) is 68.4 cm³/mol. The average molecular weight is 262 g/mol. The first-order valence-electron chi connectivity index (χ1n) is 5.06. The fourth-order valence-corrected chi connectivity index (χ4v) is 2.34. The number of thiophene rings is 1. The molecule has 0 N–H and O–H groups in total. The number of carbonyl (C=O) groups is 1. The summed E-state index contributed by atoms with van der Waals surface area (Å²) in [6, 6.07) is 3.72. The quantitative estimate of drug-likeness (QED) is 0.780. The first-order valence-corrected chi connectivity index (χ1v) is 6.25. The summed E-state index contributed by atoms with van der Waals surface area (Å²) in [5.41, 5.74) is -0.690. The van der Waals surface area contributed by atoms with Gasteiger partial charge in [0.15, 0.2) is 0 Å². The Morgan fingerprint density at radius 2 is 2.19 bits per heavy atom. The summed E-state index contributed by atoms with van der Waals surface area (Å²) in [5, 5.41) is 0.947. The molecule has 0 atom stereocenters. The maximum absolute atomic E-state index is 11.8. The molecule has 1 heterocycles. The minimum atomic E-state index is -0.690. The van der Waals surface area contributed by atoms with Crippen LogP contribution in [0.5, 0.6) is 0 Å². The van der Waals surface area contributed by atoms with Gasteiger partial charge in [0, 0.05) is 7.05 Å². The second kappa shape index (κ2) is 5.06. The van der Waals surface area contributed by atoms with E-state index in [1.165, 1.54) is 11.3 Å². The van der Waals surface area contributed by atoms with Crippen molar-refractivity contribution in [1.29, 1.82) is 0 Å². The number of likely N-dealkylation sites (N-methyl/N-ethyl adjacent to an activating group) is 1. The summed E-state index contributed by atoms with van der Waals surface area (Å²) in [5.74, 6) is -0.234. The predicted octanol–water partition coefficient (Wildman–Crippen LogP) is 3.18. The molecule has 16 heavy (non-hydrogen) atoms. The highest BCUT2D eigenvalue weighted by atomic mass is 35.5. The van der Waals surface area contributed by atoms with Crippen LogP contribution in [0.15, 0.2) is 12.1 Å². The molecule has 1 aromatic rings. The van der Waals surface area contributed by atoms with Gasteiger partial charge in [-0.05, 0) is 32.9 Å². The van der Waals surface area contributed by atoms with Crippen molar-refractivity contribution in [2.45, 2.75) is 26.3 Å². The number of rotatable bonds is 4. The van der Waals surface area contributed by atoms with E-state index in [9.17, 15) is 4.79 Å². The number of ether oxygens (including phenoxy) is 1. The molecule has 0 spiro atoms. The molecule has 90 valence electrons. The van der Waals surface area contributed by atoms with E-state index in [0.717, 1.165) is 5.00 Å². The SMILES string of the molecule is CCOC(=O)C(C)(C)N(C)c1ccc(Cl)s1. The van der Waals surface area contributed by atoms with E-state index in [2.05, 4.69) is 0 Å². The van der Waals surface area contributed by atoms with Crippen molar-refractivity contribution in [2.24, 2.45) is 0 Å². The van der Waals surface area contributed by atoms with Gasteiger partial charge in [-0.25, -0.2) is 4.79 Å². The van der Waals surface area contributed by atoms with Crippen LogP contribution in [0.1, 0.15) is 20.8 Å². The summed E-state index contributed by atoms with van der Waals surface area (Å²) in [7, 11) is 1.86. The summed E-state index contributed by atoms with van der Waals surface area (Å²) in [4.78, 5) is 13.7. The zero-order valence-electron chi connectivity index (χ0n) is 9.91. The van der Waals surface area contributed by atoms with Gasteiger partial charge in [0.2, 0.25) is 0 Å². The van der Waals surface area contributed by atoms with Crippen molar-refractivity contribution in [3.63, 3.8) is 0 Å². The van der Waals surface area contributed by atoms with Crippen molar-refractivity contribution in [2.75, 3.05) is 18.6 Å². The Labute approximate surface area is 105 Å². The van der Waals surface area contributed by atoms with E-state index < -0.39 is 5.54 Å². The number of nitrogens with zero attached hydrogens (tertiary/aromatic N) is 1. The Balaban J connectivity index is 2.87. The van der Waals surface area contributed by atoms with Crippen LogP contribution in [-0.2, 0) is 9.53 Å². The van der Waals surface area contributed by atoms with E-state index in [1.807, 2.05) is 37.9 Å². The molecule has 0 saturated heterocycles. The molecule has 0 radical (unpaired) electrons. The molecule has 0 amide bonds. The fourth-order valence-electron chi connectivity index (χ4n) is 1.21. The number of anilines is 1. The molecule has 0 aliphatic rings. The molecule has 0 aliphatic heterocycles. The molecule has 0 bridgehead atoms. The zero-order valence-corrected chi connectivity index (χ0v) is 11.5. The molecule has 0 aliphatic carbocycles. The van der Waals surface area contributed by atoms with Crippen LogP contribution < -0.4 is 4.90 Å². The minimum absolute atomic E-state index is 0.234. The maximum atomic E-state index is 11.8. The van der Waals surface area contributed by atoms with Crippen LogP contribution in [0.3, 0.4) is 0 Å². The van der Waals surface area contributed by atoms with Gasteiger partial charge in [-0.1, -0.05) is 11.6 Å². The van der Waals surface area contributed by atoms with Gasteiger partial charge in [0.25, 0.3) is 0 Å². The third kappa shape index (κ3) is 2.68. The smallest absolute Gasteiger partial charge is 0.331 e. The largest absolute Gasteiger partial charge is 0.464 e. The van der Waals surface area contributed by atoms with Crippen LogP contribution in [0.2, 0.25) is 4.34 Å². The van der Waals surface area contributed by atoms with Crippen molar-refractivity contribution in [3.05, 3.63) is 16.5 Å². The molecular formula is C11H16ClNO2S. The van der Waals surface area contributed by atoms with Crippen molar-refractivity contribution >= 4 is 33.9 Å². The first-order chi connectivity index (χ1) is 7.39. The highest BCUT2D eigenvalue weighted by molar-refractivity contribution is 7.19. The second-order valence-corrected chi connectivity index (χ2v) is 5.61. The normalized spacial score (nSPS) is 11.3. The number of hydrogen-bond acceptors (Lipinski definition) is 4. The molecule has 0 aromatic carbocycles. The van der Waals surface area contributed by atoms with Gasteiger partial charge in [-0.15, -0.1) is 11.3 Å². The summed E-state index contributed by atoms with van der Waals surface area (Å²) in [6.45, 7) is 5.86. The lowest BCUT2D eigenvalue weighted by atomic mass is 10.0. The Morgan fingerprint density at radius 1 is 1.56 bits per heavy atom. The van der Waals surface area contributed by atoms with Crippen molar-refractivity contribution in [1.82, 2.24) is 0 Å². The van der Waals surface area contributed by atoms with E-state index in [4.69, 9.17) is 16.3 Å². The topological polar surface area (TPSA) is 29.5 Å². The summed E-state index contributed by atoms with van der Waals surface area (Å²) in [6.07, 6.45) is 0. The molecule has 0 unspecified atom stereocenters. The van der Waals surface area contributed by atoms with Gasteiger partial charge in [0.05, 0.1) is 15.9 Å². The van der Waals surface area contributed by atoms with Gasteiger partial charge in [-0.2, -0.15) is 0 Å². The monoisotopic (exact) mass is 261 g/mol. The third-order valence-corrected chi connectivity index (χ3v) is 3.81. The molecule has 1 aromatic heterocycles. The van der Waals surface area contributed by atoms with Gasteiger partial charge in [0.1, 0.15) is 5.54 Å². The summed E-state index contributed by atoms with van der Waals surface area (Å²) >= 11 is 7.31. The number of esters is 1. The molecular weight excluding hydrogens is 246 g/mol. The zero-order chi connectivity index (χ0) is 12.3. The summed E-state index contributed by atoms with van der Waals surface area (Å²) < 4.78 is 5.76. The molecule has 5 heteroatoms.